The molecule has 14 heavy (non-hydrogen) atoms. The minimum Gasteiger partial charge on any atom is -0.495 e. The minimum atomic E-state index is 0.752. The van der Waals surface area contributed by atoms with Gasteiger partial charge in [-0.15, -0.1) is 0 Å². The first-order valence-corrected chi connectivity index (χ1v) is 5.23. The topological polar surface area (TPSA) is 12.5 Å². The third kappa shape index (κ3) is 1.86. The normalized spacial score (nSPS) is 16.4. The molecule has 1 heterocycles. The van der Waals surface area contributed by atoms with Crippen molar-refractivity contribution in [1.29, 1.82) is 0 Å². The van der Waals surface area contributed by atoms with Gasteiger partial charge in [-0.3, -0.25) is 4.90 Å². The van der Waals surface area contributed by atoms with Crippen LogP contribution >= 0.6 is 11.6 Å². The van der Waals surface area contributed by atoms with Crippen LogP contribution in [0, 0.1) is 0 Å². The van der Waals surface area contributed by atoms with E-state index in [1.54, 1.807) is 7.11 Å². The number of ether oxygens (including phenoxy) is 1. The highest BCUT2D eigenvalue weighted by molar-refractivity contribution is 6.32. The Morgan fingerprint density at radius 1 is 1.43 bits per heavy atom. The second kappa shape index (κ2) is 4.20. The Balaban J connectivity index is 2.15. The predicted octanol–water partition coefficient (Wildman–Crippen LogP) is 2.55. The zero-order chi connectivity index (χ0) is 9.97. The van der Waals surface area contributed by atoms with E-state index < -0.39 is 0 Å². The van der Waals surface area contributed by atoms with Crippen molar-refractivity contribution >= 4 is 11.6 Å². The summed E-state index contributed by atoms with van der Waals surface area (Å²) in [6, 6.07) is 5.94. The van der Waals surface area contributed by atoms with Crippen molar-refractivity contribution in [2.24, 2.45) is 0 Å². The summed E-state index contributed by atoms with van der Waals surface area (Å²) in [6.07, 6.45) is 1.31. The molecule has 0 bridgehead atoms. The van der Waals surface area contributed by atoms with Gasteiger partial charge < -0.3 is 4.74 Å². The molecule has 0 amide bonds. The molecule has 1 aliphatic heterocycles. The van der Waals surface area contributed by atoms with Gasteiger partial charge in [0.1, 0.15) is 5.75 Å². The lowest BCUT2D eigenvalue weighted by Gasteiger charge is -2.31. The number of hydrogen-bond acceptors (Lipinski definition) is 2. The molecule has 0 N–H and O–H groups in total. The van der Waals surface area contributed by atoms with Crippen LogP contribution in [0.25, 0.3) is 0 Å². The summed E-state index contributed by atoms with van der Waals surface area (Å²) in [5, 5.41) is 0.752. The van der Waals surface area contributed by atoms with Crippen LogP contribution in [0.3, 0.4) is 0 Å². The van der Waals surface area contributed by atoms with Gasteiger partial charge in [0.15, 0.2) is 0 Å². The quantitative estimate of drug-likeness (QED) is 0.762. The predicted molar refractivity (Wildman–Crippen MR) is 57.9 cm³/mol. The van der Waals surface area contributed by atoms with Crippen LogP contribution in [-0.2, 0) is 6.54 Å². The number of hydrogen-bond donors (Lipinski definition) is 0. The van der Waals surface area contributed by atoms with Crippen molar-refractivity contribution in [3.8, 4) is 5.75 Å². The molecule has 1 aromatic rings. The fourth-order valence-corrected chi connectivity index (χ4v) is 1.88. The summed E-state index contributed by atoms with van der Waals surface area (Å²) in [6.45, 7) is 3.32. The van der Waals surface area contributed by atoms with Gasteiger partial charge in [0.05, 0.1) is 12.1 Å². The first-order valence-electron chi connectivity index (χ1n) is 4.85. The highest BCUT2D eigenvalue weighted by Crippen LogP contribution is 2.29. The van der Waals surface area contributed by atoms with Crippen LogP contribution in [0.1, 0.15) is 12.0 Å². The van der Waals surface area contributed by atoms with Crippen LogP contribution in [0.15, 0.2) is 18.2 Å². The van der Waals surface area contributed by atoms with Crippen LogP contribution in [0.2, 0.25) is 5.02 Å². The number of likely N-dealkylation sites (tertiary alicyclic amines) is 1. The molecule has 2 nitrogen and oxygen atoms in total. The number of benzene rings is 1. The van der Waals surface area contributed by atoms with Crippen molar-refractivity contribution < 1.29 is 4.74 Å². The lowest BCUT2D eigenvalue weighted by Crippen LogP contribution is -2.36. The van der Waals surface area contributed by atoms with E-state index in [-0.39, 0.29) is 0 Å². The molecule has 0 unspecified atom stereocenters. The molecule has 2 rings (SSSR count). The highest BCUT2D eigenvalue weighted by Gasteiger charge is 2.16. The number of halogens is 1. The van der Waals surface area contributed by atoms with Crippen molar-refractivity contribution in [2.45, 2.75) is 13.0 Å². The van der Waals surface area contributed by atoms with Crippen molar-refractivity contribution in [2.75, 3.05) is 20.2 Å². The van der Waals surface area contributed by atoms with Crippen molar-refractivity contribution in [1.82, 2.24) is 4.90 Å². The molecule has 1 fully saturated rings. The van der Waals surface area contributed by atoms with Gasteiger partial charge in [-0.2, -0.15) is 0 Å². The molecule has 1 aromatic carbocycles. The fourth-order valence-electron chi connectivity index (χ4n) is 1.62. The van der Waals surface area contributed by atoms with Crippen molar-refractivity contribution in [3.05, 3.63) is 28.8 Å². The third-order valence-corrected chi connectivity index (χ3v) is 3.03. The van der Waals surface area contributed by atoms with Crippen LogP contribution in [0.5, 0.6) is 5.75 Å². The molecule has 3 heteroatoms. The van der Waals surface area contributed by atoms with E-state index in [0.29, 0.717) is 0 Å². The molecule has 76 valence electrons. The first kappa shape index (κ1) is 9.81. The Morgan fingerprint density at radius 3 is 2.79 bits per heavy atom. The maximum atomic E-state index is 6.18. The maximum absolute atomic E-state index is 6.18. The summed E-state index contributed by atoms with van der Waals surface area (Å²) in [5.41, 5.74) is 1.16. The van der Waals surface area contributed by atoms with Crippen LogP contribution < -0.4 is 4.74 Å². The van der Waals surface area contributed by atoms with Crippen LogP contribution in [0.4, 0.5) is 0 Å². The second-order valence-corrected chi connectivity index (χ2v) is 3.94. The first-order chi connectivity index (χ1) is 6.81. The molecule has 0 radical (unpaired) electrons. The molecule has 0 saturated carbocycles. The van der Waals surface area contributed by atoms with Gasteiger partial charge in [0.25, 0.3) is 0 Å². The molecule has 0 atom stereocenters. The SMILES string of the molecule is COc1cccc(CN2CCC2)c1Cl. The lowest BCUT2D eigenvalue weighted by molar-refractivity contribution is 0.172. The summed E-state index contributed by atoms with van der Waals surface area (Å²) < 4.78 is 5.17. The van der Waals surface area contributed by atoms with Gasteiger partial charge in [-0.05, 0) is 31.1 Å². The average Bonchev–Trinajstić information content (AvgIpc) is 2.13. The number of rotatable bonds is 3. The van der Waals surface area contributed by atoms with E-state index in [2.05, 4.69) is 11.0 Å². The molecule has 1 aliphatic rings. The van der Waals surface area contributed by atoms with E-state index in [1.807, 2.05) is 12.1 Å². The molecular weight excluding hydrogens is 198 g/mol. The zero-order valence-corrected chi connectivity index (χ0v) is 9.05. The maximum Gasteiger partial charge on any atom is 0.137 e. The monoisotopic (exact) mass is 211 g/mol. The van der Waals surface area contributed by atoms with E-state index in [4.69, 9.17) is 16.3 Å². The largest absolute Gasteiger partial charge is 0.495 e. The van der Waals surface area contributed by atoms with Gasteiger partial charge in [-0.1, -0.05) is 23.7 Å². The highest BCUT2D eigenvalue weighted by atomic mass is 35.5. The Labute approximate surface area is 89.4 Å². The Morgan fingerprint density at radius 2 is 2.21 bits per heavy atom. The summed E-state index contributed by atoms with van der Waals surface area (Å²) in [4.78, 5) is 2.38. The molecule has 1 saturated heterocycles. The molecule has 0 aliphatic carbocycles. The Hall–Kier alpha value is -0.730. The zero-order valence-electron chi connectivity index (χ0n) is 8.29. The summed E-state index contributed by atoms with van der Waals surface area (Å²) >= 11 is 6.18. The van der Waals surface area contributed by atoms with E-state index in [9.17, 15) is 0 Å². The van der Waals surface area contributed by atoms with Gasteiger partial charge in [-0.25, -0.2) is 0 Å². The lowest BCUT2D eigenvalue weighted by atomic mass is 10.1. The molecule has 0 aromatic heterocycles. The Bertz CT molecular complexity index is 323. The summed E-state index contributed by atoms with van der Waals surface area (Å²) in [5.74, 6) is 0.768. The van der Waals surface area contributed by atoms with E-state index in [1.165, 1.54) is 19.5 Å². The standard InChI is InChI=1S/C11H14ClNO/c1-14-10-5-2-4-9(11(10)12)8-13-6-3-7-13/h2,4-5H,3,6-8H2,1H3. The number of nitrogens with zero attached hydrogens (tertiary/aromatic N) is 1. The molecular formula is C11H14ClNO. The van der Waals surface area contributed by atoms with Crippen molar-refractivity contribution in [3.63, 3.8) is 0 Å². The van der Waals surface area contributed by atoms with Crippen LogP contribution in [-0.4, -0.2) is 25.1 Å². The van der Waals surface area contributed by atoms with Gasteiger partial charge >= 0.3 is 0 Å². The average molecular weight is 212 g/mol. The molecule has 0 spiro atoms. The third-order valence-electron chi connectivity index (χ3n) is 2.61. The smallest absolute Gasteiger partial charge is 0.137 e. The Kier molecular flexibility index (Phi) is 2.94. The van der Waals surface area contributed by atoms with E-state index in [0.717, 1.165) is 22.9 Å². The fraction of sp³-hybridized carbons (Fsp3) is 0.455. The van der Waals surface area contributed by atoms with E-state index >= 15 is 0 Å². The summed E-state index contributed by atoms with van der Waals surface area (Å²) in [7, 11) is 1.65. The van der Waals surface area contributed by atoms with Gasteiger partial charge in [0.2, 0.25) is 0 Å². The number of methoxy groups -OCH3 is 1. The second-order valence-electron chi connectivity index (χ2n) is 3.56. The minimum absolute atomic E-state index is 0.752. The van der Waals surface area contributed by atoms with Gasteiger partial charge in [0, 0.05) is 6.54 Å².